The van der Waals surface area contributed by atoms with Crippen LogP contribution in [0.4, 0.5) is 0 Å². The molecule has 0 aliphatic heterocycles. The van der Waals surface area contributed by atoms with E-state index in [2.05, 4.69) is 44.7 Å². The van der Waals surface area contributed by atoms with Crippen molar-refractivity contribution in [3.05, 3.63) is 52.1 Å². The molecule has 2 aromatic heterocycles. The van der Waals surface area contributed by atoms with E-state index in [4.69, 9.17) is 16.1 Å². The van der Waals surface area contributed by atoms with E-state index in [9.17, 15) is 0 Å². The molecule has 2 N–H and O–H groups in total. The standard InChI is InChI=1S/C20H26ClN7O.HI/c1-12(9-17-13(2)26-28(5)14(17)3)24-20(22-4)23-11-18-25-19(27-29-18)15-7-6-8-16(21)10-15;/h6-8,10,12H,9,11H2,1-5H3,(H2,22,23,24);1H. The third kappa shape index (κ3) is 5.94. The zero-order valence-corrected chi connectivity index (χ0v) is 20.8. The topological polar surface area (TPSA) is 93.2 Å². The molecule has 30 heavy (non-hydrogen) atoms. The number of aryl methyl sites for hydroxylation is 2. The van der Waals surface area contributed by atoms with E-state index in [0.717, 1.165) is 17.7 Å². The maximum atomic E-state index is 6.02. The highest BCUT2D eigenvalue weighted by molar-refractivity contribution is 14.0. The fraction of sp³-hybridized carbons (Fsp3) is 0.400. The Morgan fingerprint density at radius 3 is 2.73 bits per heavy atom. The fourth-order valence-corrected chi connectivity index (χ4v) is 3.32. The second-order valence-corrected chi connectivity index (χ2v) is 7.41. The van der Waals surface area contributed by atoms with Gasteiger partial charge in [-0.1, -0.05) is 28.9 Å². The molecule has 0 spiro atoms. The van der Waals surface area contributed by atoms with Gasteiger partial charge in [-0.25, -0.2) is 0 Å². The number of aliphatic imine (C=N–C) groups is 1. The smallest absolute Gasteiger partial charge is 0.246 e. The van der Waals surface area contributed by atoms with Crippen LogP contribution in [0.15, 0.2) is 33.8 Å². The third-order valence-corrected chi connectivity index (χ3v) is 4.97. The summed E-state index contributed by atoms with van der Waals surface area (Å²) in [6.07, 6.45) is 0.853. The maximum absolute atomic E-state index is 6.02. The van der Waals surface area contributed by atoms with Gasteiger partial charge in [-0.3, -0.25) is 9.67 Å². The van der Waals surface area contributed by atoms with Gasteiger partial charge in [-0.05, 0) is 44.9 Å². The van der Waals surface area contributed by atoms with Gasteiger partial charge in [0.15, 0.2) is 5.96 Å². The summed E-state index contributed by atoms with van der Waals surface area (Å²) in [6.45, 7) is 6.60. The molecule has 0 saturated carbocycles. The Bertz CT molecular complexity index is 1010. The molecule has 0 fully saturated rings. The van der Waals surface area contributed by atoms with Gasteiger partial charge in [0.1, 0.15) is 0 Å². The molecule has 0 saturated heterocycles. The second-order valence-electron chi connectivity index (χ2n) is 6.97. The molecule has 0 aliphatic rings. The summed E-state index contributed by atoms with van der Waals surface area (Å²) in [5.74, 6) is 1.64. The monoisotopic (exact) mass is 543 g/mol. The van der Waals surface area contributed by atoms with Crippen LogP contribution >= 0.6 is 35.6 Å². The van der Waals surface area contributed by atoms with Gasteiger partial charge in [0.2, 0.25) is 11.7 Å². The van der Waals surface area contributed by atoms with Crippen molar-refractivity contribution in [1.29, 1.82) is 0 Å². The molecular weight excluding hydrogens is 517 g/mol. The summed E-state index contributed by atoms with van der Waals surface area (Å²) in [7, 11) is 3.69. The van der Waals surface area contributed by atoms with Crippen molar-refractivity contribution in [2.75, 3.05) is 7.05 Å². The number of hydrogen-bond donors (Lipinski definition) is 2. The molecule has 8 nitrogen and oxygen atoms in total. The van der Waals surface area contributed by atoms with Crippen LogP contribution in [0.1, 0.15) is 29.8 Å². The van der Waals surface area contributed by atoms with Crippen molar-refractivity contribution in [2.45, 2.75) is 39.8 Å². The molecule has 0 aliphatic carbocycles. The Hall–Kier alpha value is -2.14. The first-order chi connectivity index (χ1) is 13.9. The largest absolute Gasteiger partial charge is 0.354 e. The second kappa shape index (κ2) is 10.8. The summed E-state index contributed by atoms with van der Waals surface area (Å²) in [4.78, 5) is 8.69. The minimum absolute atomic E-state index is 0. The Morgan fingerprint density at radius 1 is 1.33 bits per heavy atom. The predicted molar refractivity (Wildman–Crippen MR) is 129 cm³/mol. The molecule has 3 aromatic rings. The van der Waals surface area contributed by atoms with E-state index in [-0.39, 0.29) is 30.0 Å². The van der Waals surface area contributed by atoms with Gasteiger partial charge in [-0.15, -0.1) is 24.0 Å². The van der Waals surface area contributed by atoms with Gasteiger partial charge in [-0.2, -0.15) is 10.1 Å². The van der Waals surface area contributed by atoms with E-state index in [1.807, 2.05) is 30.8 Å². The van der Waals surface area contributed by atoms with Crippen molar-refractivity contribution in [3.63, 3.8) is 0 Å². The van der Waals surface area contributed by atoms with Crippen LogP contribution in [-0.4, -0.2) is 39.0 Å². The fourth-order valence-electron chi connectivity index (χ4n) is 3.13. The lowest BCUT2D eigenvalue weighted by atomic mass is 10.1. The van der Waals surface area contributed by atoms with E-state index >= 15 is 0 Å². The number of nitrogens with zero attached hydrogens (tertiary/aromatic N) is 5. The van der Waals surface area contributed by atoms with E-state index in [1.165, 1.54) is 11.3 Å². The summed E-state index contributed by atoms with van der Waals surface area (Å²) in [5.41, 5.74) is 4.30. The first-order valence-electron chi connectivity index (χ1n) is 9.42. The third-order valence-electron chi connectivity index (χ3n) is 4.73. The van der Waals surface area contributed by atoms with Crippen LogP contribution in [0.25, 0.3) is 11.4 Å². The number of guanidine groups is 1. The number of rotatable bonds is 6. The van der Waals surface area contributed by atoms with Gasteiger partial charge < -0.3 is 15.2 Å². The molecule has 0 amide bonds. The van der Waals surface area contributed by atoms with Gasteiger partial charge in [0.25, 0.3) is 0 Å². The SMILES string of the molecule is CN=C(NCc1nc(-c2cccc(Cl)c2)no1)NC(C)Cc1c(C)nn(C)c1C.I. The molecule has 10 heteroatoms. The van der Waals surface area contributed by atoms with Crippen LogP contribution in [0.2, 0.25) is 5.02 Å². The van der Waals surface area contributed by atoms with Gasteiger partial charge >= 0.3 is 0 Å². The Balaban J connectivity index is 0.00000320. The van der Waals surface area contributed by atoms with Crippen molar-refractivity contribution >= 4 is 41.5 Å². The van der Waals surface area contributed by atoms with E-state index < -0.39 is 0 Å². The average Bonchev–Trinajstić information content (AvgIpc) is 3.25. The van der Waals surface area contributed by atoms with Crippen LogP contribution < -0.4 is 10.6 Å². The maximum Gasteiger partial charge on any atom is 0.246 e. The zero-order chi connectivity index (χ0) is 21.0. The Labute approximate surface area is 198 Å². The zero-order valence-electron chi connectivity index (χ0n) is 17.7. The van der Waals surface area contributed by atoms with Crippen LogP contribution in [0.5, 0.6) is 0 Å². The first kappa shape index (κ1) is 24.1. The highest BCUT2D eigenvalue weighted by atomic mass is 127. The minimum atomic E-state index is 0. The highest BCUT2D eigenvalue weighted by Gasteiger charge is 2.15. The number of aromatic nitrogens is 4. The molecule has 2 heterocycles. The number of hydrogen-bond acceptors (Lipinski definition) is 5. The highest BCUT2D eigenvalue weighted by Crippen LogP contribution is 2.20. The molecule has 1 unspecified atom stereocenters. The molecule has 0 radical (unpaired) electrons. The summed E-state index contributed by atoms with van der Waals surface area (Å²) < 4.78 is 7.24. The minimum Gasteiger partial charge on any atom is -0.354 e. The molecule has 1 aromatic carbocycles. The van der Waals surface area contributed by atoms with Crippen molar-refractivity contribution in [2.24, 2.45) is 12.0 Å². The quantitative estimate of drug-likeness (QED) is 0.280. The van der Waals surface area contributed by atoms with Crippen molar-refractivity contribution in [1.82, 2.24) is 30.6 Å². The summed E-state index contributed by atoms with van der Waals surface area (Å²) >= 11 is 6.02. The average molecular weight is 544 g/mol. The van der Waals surface area contributed by atoms with E-state index in [0.29, 0.717) is 29.2 Å². The predicted octanol–water partition coefficient (Wildman–Crippen LogP) is 3.65. The van der Waals surface area contributed by atoms with E-state index in [1.54, 1.807) is 19.2 Å². The molecular formula is C20H27ClIN7O. The van der Waals surface area contributed by atoms with Gasteiger partial charge in [0.05, 0.1) is 12.2 Å². The number of benzene rings is 1. The normalized spacial score (nSPS) is 12.4. The van der Waals surface area contributed by atoms with Crippen molar-refractivity contribution in [3.8, 4) is 11.4 Å². The Kier molecular flexibility index (Phi) is 8.65. The van der Waals surface area contributed by atoms with Crippen LogP contribution in [-0.2, 0) is 20.0 Å². The molecule has 162 valence electrons. The molecule has 3 rings (SSSR count). The lowest BCUT2D eigenvalue weighted by Crippen LogP contribution is -2.42. The van der Waals surface area contributed by atoms with Crippen molar-refractivity contribution < 1.29 is 4.52 Å². The van der Waals surface area contributed by atoms with Crippen LogP contribution in [0, 0.1) is 13.8 Å². The number of nitrogens with one attached hydrogen (secondary N) is 2. The van der Waals surface area contributed by atoms with Crippen LogP contribution in [0.3, 0.4) is 0 Å². The lowest BCUT2D eigenvalue weighted by molar-refractivity contribution is 0.375. The number of halogens is 2. The lowest BCUT2D eigenvalue weighted by Gasteiger charge is -2.17. The summed E-state index contributed by atoms with van der Waals surface area (Å²) in [5, 5.41) is 15.7. The Morgan fingerprint density at radius 2 is 2.10 bits per heavy atom. The molecule has 0 bridgehead atoms. The summed E-state index contributed by atoms with van der Waals surface area (Å²) in [6, 6.07) is 7.52. The van der Waals surface area contributed by atoms with Gasteiger partial charge in [0, 0.05) is 36.4 Å². The molecule has 1 atom stereocenters. The first-order valence-corrected chi connectivity index (χ1v) is 9.80.